The molecule has 1 saturated heterocycles. The Morgan fingerprint density at radius 1 is 1.33 bits per heavy atom. The molecule has 2 rings (SSSR count). The van der Waals surface area contributed by atoms with Gasteiger partial charge in [0.05, 0.1) is 7.11 Å². The second-order valence-corrected chi connectivity index (χ2v) is 7.03. The third-order valence-electron chi connectivity index (χ3n) is 4.31. The van der Waals surface area contributed by atoms with Crippen LogP contribution in [0.5, 0.6) is 5.75 Å². The van der Waals surface area contributed by atoms with Crippen molar-refractivity contribution in [3.05, 3.63) is 28.2 Å². The lowest BCUT2D eigenvalue weighted by molar-refractivity contribution is 0.161. The molecule has 118 valence electrons. The molecule has 1 aromatic carbocycles. The highest BCUT2D eigenvalue weighted by molar-refractivity contribution is 9.10. The molecular weight excluding hydrogens is 328 g/mol. The first-order valence-corrected chi connectivity index (χ1v) is 8.66. The van der Waals surface area contributed by atoms with Gasteiger partial charge in [0, 0.05) is 23.6 Å². The molecule has 21 heavy (non-hydrogen) atoms. The second kappa shape index (κ2) is 8.16. The number of rotatable bonds is 6. The van der Waals surface area contributed by atoms with Crippen molar-refractivity contribution in [3.8, 4) is 5.75 Å². The third-order valence-corrected chi connectivity index (χ3v) is 5.08. The van der Waals surface area contributed by atoms with Gasteiger partial charge >= 0.3 is 0 Å². The van der Waals surface area contributed by atoms with E-state index < -0.39 is 0 Å². The fourth-order valence-electron chi connectivity index (χ4n) is 2.87. The maximum absolute atomic E-state index is 5.35. The zero-order valence-electron chi connectivity index (χ0n) is 13.4. The Morgan fingerprint density at radius 3 is 2.67 bits per heavy atom. The fourth-order valence-corrected chi connectivity index (χ4v) is 3.24. The first-order chi connectivity index (χ1) is 10.1. The van der Waals surface area contributed by atoms with E-state index in [-0.39, 0.29) is 0 Å². The van der Waals surface area contributed by atoms with Crippen molar-refractivity contribution in [2.24, 2.45) is 5.92 Å². The monoisotopic (exact) mass is 354 g/mol. The highest BCUT2D eigenvalue weighted by atomic mass is 79.9. The van der Waals surface area contributed by atoms with Gasteiger partial charge in [-0.05, 0) is 69.5 Å². The van der Waals surface area contributed by atoms with E-state index in [1.807, 2.05) is 6.07 Å². The Bertz CT molecular complexity index is 444. The number of nitrogens with one attached hydrogen (secondary N) is 1. The maximum atomic E-state index is 5.35. The van der Waals surface area contributed by atoms with E-state index in [9.17, 15) is 0 Å². The summed E-state index contributed by atoms with van der Waals surface area (Å²) < 4.78 is 6.52. The molecule has 0 aliphatic carbocycles. The van der Waals surface area contributed by atoms with Gasteiger partial charge in [-0.2, -0.15) is 0 Å². The highest BCUT2D eigenvalue weighted by Crippen LogP contribution is 2.25. The van der Waals surface area contributed by atoms with Gasteiger partial charge < -0.3 is 10.1 Å². The summed E-state index contributed by atoms with van der Waals surface area (Å²) in [7, 11) is 1.72. The van der Waals surface area contributed by atoms with Gasteiger partial charge in [-0.25, -0.2) is 0 Å². The van der Waals surface area contributed by atoms with Crippen molar-refractivity contribution in [2.75, 3.05) is 26.7 Å². The van der Waals surface area contributed by atoms with Gasteiger partial charge in [-0.3, -0.25) is 4.90 Å². The second-order valence-electron chi connectivity index (χ2n) is 6.17. The Hall–Kier alpha value is -0.580. The molecule has 4 heteroatoms. The SMILES string of the molecule is COc1ccc(Br)c(CN(CC2CCNCC2)C(C)C)c1. The van der Waals surface area contributed by atoms with Crippen LogP contribution in [0, 0.1) is 5.92 Å². The van der Waals surface area contributed by atoms with Crippen LogP contribution in [0.3, 0.4) is 0 Å². The van der Waals surface area contributed by atoms with Gasteiger partial charge in [0.15, 0.2) is 0 Å². The topological polar surface area (TPSA) is 24.5 Å². The molecule has 0 bridgehead atoms. The first-order valence-electron chi connectivity index (χ1n) is 7.87. The van der Waals surface area contributed by atoms with Crippen LogP contribution >= 0.6 is 15.9 Å². The summed E-state index contributed by atoms with van der Waals surface area (Å²) in [6, 6.07) is 6.78. The number of halogens is 1. The summed E-state index contributed by atoms with van der Waals surface area (Å²) in [5.74, 6) is 1.75. The molecule has 0 unspecified atom stereocenters. The van der Waals surface area contributed by atoms with Gasteiger partial charge in [0.2, 0.25) is 0 Å². The van der Waals surface area contributed by atoms with Crippen molar-refractivity contribution >= 4 is 15.9 Å². The van der Waals surface area contributed by atoms with Crippen LogP contribution in [0.4, 0.5) is 0 Å². The molecule has 1 aliphatic rings. The Kier molecular flexibility index (Phi) is 6.52. The molecule has 0 aromatic heterocycles. The lowest BCUT2D eigenvalue weighted by Gasteiger charge is -2.33. The summed E-state index contributed by atoms with van der Waals surface area (Å²) in [5, 5.41) is 3.45. The van der Waals surface area contributed by atoms with E-state index >= 15 is 0 Å². The first kappa shape index (κ1) is 16.8. The number of hydrogen-bond acceptors (Lipinski definition) is 3. The summed E-state index contributed by atoms with van der Waals surface area (Å²) in [6.07, 6.45) is 2.59. The summed E-state index contributed by atoms with van der Waals surface area (Å²) in [5.41, 5.74) is 1.30. The number of methoxy groups -OCH3 is 1. The van der Waals surface area contributed by atoms with Crippen molar-refractivity contribution in [1.29, 1.82) is 0 Å². The molecule has 0 radical (unpaired) electrons. The van der Waals surface area contributed by atoms with E-state index in [1.165, 1.54) is 42.5 Å². The van der Waals surface area contributed by atoms with Crippen molar-refractivity contribution in [2.45, 2.75) is 39.3 Å². The average Bonchev–Trinajstić information content (AvgIpc) is 2.49. The van der Waals surface area contributed by atoms with E-state index in [4.69, 9.17) is 4.74 Å². The third kappa shape index (κ3) is 4.97. The smallest absolute Gasteiger partial charge is 0.119 e. The van der Waals surface area contributed by atoms with E-state index in [1.54, 1.807) is 7.11 Å². The van der Waals surface area contributed by atoms with Crippen LogP contribution in [-0.2, 0) is 6.54 Å². The van der Waals surface area contributed by atoms with E-state index in [0.29, 0.717) is 6.04 Å². The molecule has 0 spiro atoms. The Balaban J connectivity index is 2.04. The Morgan fingerprint density at radius 2 is 2.05 bits per heavy atom. The molecular formula is C17H27BrN2O. The molecule has 1 N–H and O–H groups in total. The minimum atomic E-state index is 0.554. The number of ether oxygens (including phenoxy) is 1. The summed E-state index contributed by atoms with van der Waals surface area (Å²) in [6.45, 7) is 9.06. The largest absolute Gasteiger partial charge is 0.497 e. The molecule has 0 saturated carbocycles. The van der Waals surface area contributed by atoms with Crippen molar-refractivity contribution in [3.63, 3.8) is 0 Å². The van der Waals surface area contributed by atoms with E-state index in [0.717, 1.165) is 18.2 Å². The van der Waals surface area contributed by atoms with Crippen LogP contribution in [0.2, 0.25) is 0 Å². The van der Waals surface area contributed by atoms with Crippen LogP contribution in [0.15, 0.2) is 22.7 Å². The lowest BCUT2D eigenvalue weighted by atomic mass is 9.96. The molecule has 0 atom stereocenters. The van der Waals surface area contributed by atoms with Crippen LogP contribution in [-0.4, -0.2) is 37.7 Å². The Labute approximate surface area is 137 Å². The zero-order valence-corrected chi connectivity index (χ0v) is 14.9. The van der Waals surface area contributed by atoms with Crippen LogP contribution in [0.25, 0.3) is 0 Å². The number of hydrogen-bond donors (Lipinski definition) is 1. The zero-order chi connectivity index (χ0) is 15.2. The molecule has 3 nitrogen and oxygen atoms in total. The van der Waals surface area contributed by atoms with Gasteiger partial charge in [-0.15, -0.1) is 0 Å². The number of nitrogens with zero attached hydrogens (tertiary/aromatic N) is 1. The molecule has 1 fully saturated rings. The van der Waals surface area contributed by atoms with Crippen LogP contribution < -0.4 is 10.1 Å². The molecule has 1 heterocycles. The molecule has 0 amide bonds. The fraction of sp³-hybridized carbons (Fsp3) is 0.647. The van der Waals surface area contributed by atoms with Crippen molar-refractivity contribution < 1.29 is 4.74 Å². The summed E-state index contributed by atoms with van der Waals surface area (Å²) >= 11 is 3.67. The molecule has 1 aliphatic heterocycles. The minimum Gasteiger partial charge on any atom is -0.497 e. The number of benzene rings is 1. The van der Waals surface area contributed by atoms with E-state index in [2.05, 4.69) is 52.1 Å². The normalized spacial score (nSPS) is 16.7. The summed E-state index contributed by atoms with van der Waals surface area (Å²) in [4.78, 5) is 2.58. The minimum absolute atomic E-state index is 0.554. The van der Waals surface area contributed by atoms with Gasteiger partial charge in [-0.1, -0.05) is 15.9 Å². The van der Waals surface area contributed by atoms with Gasteiger partial charge in [0.1, 0.15) is 5.75 Å². The van der Waals surface area contributed by atoms with Crippen molar-refractivity contribution in [1.82, 2.24) is 10.2 Å². The number of piperidine rings is 1. The maximum Gasteiger partial charge on any atom is 0.119 e. The van der Waals surface area contributed by atoms with Gasteiger partial charge in [0.25, 0.3) is 0 Å². The standard InChI is InChI=1S/C17H27BrN2O/c1-13(2)20(11-14-6-8-19-9-7-14)12-15-10-16(21-3)4-5-17(15)18/h4-5,10,13-14,19H,6-9,11-12H2,1-3H3. The highest BCUT2D eigenvalue weighted by Gasteiger charge is 2.19. The molecule has 1 aromatic rings. The van der Waals surface area contributed by atoms with Crippen LogP contribution in [0.1, 0.15) is 32.3 Å². The average molecular weight is 355 g/mol. The quantitative estimate of drug-likeness (QED) is 0.843. The predicted molar refractivity (Wildman–Crippen MR) is 91.8 cm³/mol. The lowest BCUT2D eigenvalue weighted by Crippen LogP contribution is -2.39. The predicted octanol–water partition coefficient (Wildman–Crippen LogP) is 3.67.